The van der Waals surface area contributed by atoms with Gasteiger partial charge in [-0.1, -0.05) is 32.0 Å². The van der Waals surface area contributed by atoms with Gasteiger partial charge in [-0.05, 0) is 50.1 Å². The fraction of sp³-hybridized carbons (Fsp3) is 0.471. The Labute approximate surface area is 122 Å². The fourth-order valence-corrected chi connectivity index (χ4v) is 2.75. The Bertz CT molecular complexity index is 529. The Morgan fingerprint density at radius 1 is 1.20 bits per heavy atom. The molecule has 108 valence electrons. The molecule has 20 heavy (non-hydrogen) atoms. The average Bonchev–Trinajstić information content (AvgIpc) is 2.51. The van der Waals surface area contributed by atoms with Gasteiger partial charge in [-0.25, -0.2) is 0 Å². The van der Waals surface area contributed by atoms with Crippen molar-refractivity contribution in [2.75, 3.05) is 26.7 Å². The minimum Gasteiger partial charge on any atom is -0.313 e. The molecule has 1 aromatic heterocycles. The van der Waals surface area contributed by atoms with Crippen molar-refractivity contribution in [3.05, 3.63) is 42.2 Å². The molecule has 3 nitrogen and oxygen atoms in total. The molecule has 0 saturated heterocycles. The highest BCUT2D eigenvalue weighted by Crippen LogP contribution is 2.25. The highest BCUT2D eigenvalue weighted by Gasteiger charge is 2.13. The third-order valence-corrected chi connectivity index (χ3v) is 4.07. The lowest BCUT2D eigenvalue weighted by atomic mass is 9.98. The number of pyridine rings is 1. The van der Waals surface area contributed by atoms with Gasteiger partial charge in [-0.3, -0.25) is 4.98 Å². The predicted molar refractivity (Wildman–Crippen MR) is 85.9 cm³/mol. The van der Waals surface area contributed by atoms with Crippen molar-refractivity contribution in [2.24, 2.45) is 0 Å². The minimum atomic E-state index is 0.378. The van der Waals surface area contributed by atoms with Gasteiger partial charge in [0.25, 0.3) is 0 Å². The Hall–Kier alpha value is -1.45. The molecule has 0 saturated carbocycles. The van der Waals surface area contributed by atoms with E-state index >= 15 is 0 Å². The minimum absolute atomic E-state index is 0.378. The summed E-state index contributed by atoms with van der Waals surface area (Å²) in [6.45, 7) is 7.79. The SMILES string of the molecule is CCN(CC)CCC(NC)c1cccc2ccncc12. The molecule has 0 aliphatic rings. The van der Waals surface area contributed by atoms with Crippen LogP contribution in [0.15, 0.2) is 36.7 Å². The molecule has 2 rings (SSSR count). The van der Waals surface area contributed by atoms with Crippen molar-refractivity contribution < 1.29 is 0 Å². The third-order valence-electron chi connectivity index (χ3n) is 4.07. The number of hydrogen-bond donors (Lipinski definition) is 1. The van der Waals surface area contributed by atoms with Gasteiger partial charge in [0.05, 0.1) is 0 Å². The molecule has 2 aromatic rings. The number of aromatic nitrogens is 1. The van der Waals surface area contributed by atoms with Crippen LogP contribution in [0.2, 0.25) is 0 Å². The van der Waals surface area contributed by atoms with Crippen molar-refractivity contribution in [3.8, 4) is 0 Å². The Kier molecular flexibility index (Phi) is 5.50. The first-order valence-corrected chi connectivity index (χ1v) is 7.52. The van der Waals surface area contributed by atoms with E-state index in [0.29, 0.717) is 6.04 Å². The average molecular weight is 271 g/mol. The molecule has 3 heteroatoms. The molecule has 0 radical (unpaired) electrons. The summed E-state index contributed by atoms with van der Waals surface area (Å²) in [7, 11) is 2.04. The summed E-state index contributed by atoms with van der Waals surface area (Å²) in [6.07, 6.45) is 4.95. The van der Waals surface area contributed by atoms with E-state index in [0.717, 1.165) is 26.1 Å². The van der Waals surface area contributed by atoms with Crippen LogP contribution < -0.4 is 5.32 Å². The molecule has 1 unspecified atom stereocenters. The van der Waals surface area contributed by atoms with Gasteiger partial charge >= 0.3 is 0 Å². The van der Waals surface area contributed by atoms with Crippen LogP contribution in [0.3, 0.4) is 0 Å². The summed E-state index contributed by atoms with van der Waals surface area (Å²) < 4.78 is 0. The predicted octanol–water partition coefficient (Wildman–Crippen LogP) is 3.23. The van der Waals surface area contributed by atoms with Gasteiger partial charge in [0, 0.05) is 23.8 Å². The number of hydrogen-bond acceptors (Lipinski definition) is 3. The zero-order valence-corrected chi connectivity index (χ0v) is 12.8. The van der Waals surface area contributed by atoms with E-state index in [1.165, 1.54) is 16.3 Å². The van der Waals surface area contributed by atoms with Gasteiger partial charge in [-0.15, -0.1) is 0 Å². The molecule has 0 aliphatic carbocycles. The van der Waals surface area contributed by atoms with Gasteiger partial charge < -0.3 is 10.2 Å². The van der Waals surface area contributed by atoms with Crippen LogP contribution in [-0.2, 0) is 0 Å². The molecular weight excluding hydrogens is 246 g/mol. The smallest absolute Gasteiger partial charge is 0.0349 e. The van der Waals surface area contributed by atoms with Crippen LogP contribution in [0.5, 0.6) is 0 Å². The molecule has 1 atom stereocenters. The molecule has 1 heterocycles. The van der Waals surface area contributed by atoms with E-state index in [4.69, 9.17) is 0 Å². The molecule has 0 bridgehead atoms. The standard InChI is InChI=1S/C17H25N3/c1-4-20(5-2)12-10-17(18-3)15-8-6-7-14-9-11-19-13-16(14)15/h6-9,11,13,17-18H,4-5,10,12H2,1-3H3. The maximum absolute atomic E-state index is 4.28. The van der Waals surface area contributed by atoms with Crippen molar-refractivity contribution in [2.45, 2.75) is 26.3 Å². The Morgan fingerprint density at radius 2 is 2.00 bits per heavy atom. The van der Waals surface area contributed by atoms with E-state index in [2.05, 4.69) is 53.3 Å². The molecule has 1 N–H and O–H groups in total. The van der Waals surface area contributed by atoms with E-state index in [9.17, 15) is 0 Å². The lowest BCUT2D eigenvalue weighted by Gasteiger charge is -2.23. The summed E-state index contributed by atoms with van der Waals surface area (Å²) >= 11 is 0. The van der Waals surface area contributed by atoms with Gasteiger partial charge in [0.15, 0.2) is 0 Å². The zero-order chi connectivity index (χ0) is 14.4. The highest BCUT2D eigenvalue weighted by molar-refractivity contribution is 5.85. The molecule has 0 amide bonds. The van der Waals surface area contributed by atoms with Crippen LogP contribution in [-0.4, -0.2) is 36.6 Å². The van der Waals surface area contributed by atoms with Crippen molar-refractivity contribution >= 4 is 10.8 Å². The second-order valence-corrected chi connectivity index (χ2v) is 5.10. The molecule has 0 aliphatic heterocycles. The van der Waals surface area contributed by atoms with E-state index in [-0.39, 0.29) is 0 Å². The second-order valence-electron chi connectivity index (χ2n) is 5.10. The highest BCUT2D eigenvalue weighted by atomic mass is 15.1. The van der Waals surface area contributed by atoms with Gasteiger partial charge in [0.1, 0.15) is 0 Å². The number of nitrogens with zero attached hydrogens (tertiary/aromatic N) is 2. The quantitative estimate of drug-likeness (QED) is 0.838. The monoisotopic (exact) mass is 271 g/mol. The van der Waals surface area contributed by atoms with Crippen molar-refractivity contribution in [1.29, 1.82) is 0 Å². The van der Waals surface area contributed by atoms with E-state index in [1.807, 2.05) is 19.4 Å². The fourth-order valence-electron chi connectivity index (χ4n) is 2.75. The normalized spacial score (nSPS) is 13.0. The number of rotatable bonds is 7. The number of nitrogens with one attached hydrogen (secondary N) is 1. The molecular formula is C17H25N3. The lowest BCUT2D eigenvalue weighted by molar-refractivity contribution is 0.285. The Morgan fingerprint density at radius 3 is 2.70 bits per heavy atom. The third kappa shape index (κ3) is 3.35. The largest absolute Gasteiger partial charge is 0.313 e. The maximum Gasteiger partial charge on any atom is 0.0349 e. The van der Waals surface area contributed by atoms with Crippen LogP contribution in [0.25, 0.3) is 10.8 Å². The van der Waals surface area contributed by atoms with Crippen molar-refractivity contribution in [1.82, 2.24) is 15.2 Å². The first kappa shape index (κ1) is 14.9. The maximum atomic E-state index is 4.28. The van der Waals surface area contributed by atoms with Crippen molar-refractivity contribution in [3.63, 3.8) is 0 Å². The lowest BCUT2D eigenvalue weighted by Crippen LogP contribution is -2.28. The second kappa shape index (κ2) is 7.36. The van der Waals surface area contributed by atoms with E-state index in [1.54, 1.807) is 0 Å². The summed E-state index contributed by atoms with van der Waals surface area (Å²) in [5.74, 6) is 0. The van der Waals surface area contributed by atoms with Crippen LogP contribution in [0, 0.1) is 0 Å². The van der Waals surface area contributed by atoms with E-state index < -0.39 is 0 Å². The number of benzene rings is 1. The topological polar surface area (TPSA) is 28.2 Å². The zero-order valence-electron chi connectivity index (χ0n) is 12.8. The first-order chi connectivity index (χ1) is 9.80. The summed E-state index contributed by atoms with van der Waals surface area (Å²) in [6, 6.07) is 8.96. The number of fused-ring (bicyclic) bond motifs is 1. The molecule has 0 fully saturated rings. The molecule has 0 spiro atoms. The first-order valence-electron chi connectivity index (χ1n) is 7.52. The van der Waals surface area contributed by atoms with Crippen LogP contribution >= 0.6 is 0 Å². The van der Waals surface area contributed by atoms with Crippen LogP contribution in [0.1, 0.15) is 31.9 Å². The van der Waals surface area contributed by atoms with Gasteiger partial charge in [0.2, 0.25) is 0 Å². The summed E-state index contributed by atoms with van der Waals surface area (Å²) in [5.41, 5.74) is 1.35. The Balaban J connectivity index is 2.21. The summed E-state index contributed by atoms with van der Waals surface area (Å²) in [4.78, 5) is 6.75. The van der Waals surface area contributed by atoms with Gasteiger partial charge in [-0.2, -0.15) is 0 Å². The summed E-state index contributed by atoms with van der Waals surface area (Å²) in [5, 5.41) is 5.98. The molecule has 1 aromatic carbocycles. The van der Waals surface area contributed by atoms with Crippen LogP contribution in [0.4, 0.5) is 0 Å².